The van der Waals surface area contributed by atoms with E-state index in [2.05, 4.69) is 10.1 Å². The number of rotatable bonds is 6. The first kappa shape index (κ1) is 14.5. The van der Waals surface area contributed by atoms with Gasteiger partial charge in [0.25, 0.3) is 0 Å². The van der Waals surface area contributed by atoms with Crippen LogP contribution in [0.4, 0.5) is 8.78 Å². The summed E-state index contributed by atoms with van der Waals surface area (Å²) in [7, 11) is 1.27. The summed E-state index contributed by atoms with van der Waals surface area (Å²) < 4.78 is 30.4. The highest BCUT2D eigenvalue weighted by Crippen LogP contribution is 2.08. The summed E-state index contributed by atoms with van der Waals surface area (Å²) in [6, 6.07) is 2.71. The smallest absolute Gasteiger partial charge is 0.324 e. The van der Waals surface area contributed by atoms with Crippen molar-refractivity contribution in [3.05, 3.63) is 35.4 Å². The maximum Gasteiger partial charge on any atom is 0.324 e. The van der Waals surface area contributed by atoms with Crippen molar-refractivity contribution in [2.75, 3.05) is 20.2 Å². The van der Waals surface area contributed by atoms with Crippen molar-refractivity contribution in [2.45, 2.75) is 12.5 Å². The molecule has 3 N–H and O–H groups in total. The van der Waals surface area contributed by atoms with E-state index < -0.39 is 23.6 Å². The van der Waals surface area contributed by atoms with Crippen LogP contribution in [0.1, 0.15) is 5.56 Å². The number of hydrogen-bond donors (Lipinski definition) is 2. The van der Waals surface area contributed by atoms with Crippen molar-refractivity contribution >= 4 is 5.97 Å². The topological polar surface area (TPSA) is 64.3 Å². The average molecular weight is 258 g/mol. The summed E-state index contributed by atoms with van der Waals surface area (Å²) in [5.41, 5.74) is 5.91. The van der Waals surface area contributed by atoms with Crippen LogP contribution in [0.3, 0.4) is 0 Å². The van der Waals surface area contributed by atoms with Gasteiger partial charge in [-0.1, -0.05) is 0 Å². The van der Waals surface area contributed by atoms with Crippen molar-refractivity contribution < 1.29 is 18.3 Å². The molecule has 1 unspecified atom stereocenters. The molecule has 0 spiro atoms. The molecule has 100 valence electrons. The lowest BCUT2D eigenvalue weighted by molar-refractivity contribution is -0.142. The SMILES string of the molecule is COC(=O)C(CN)NCCc1cc(F)cc(F)c1. The highest BCUT2D eigenvalue weighted by molar-refractivity contribution is 5.75. The number of benzene rings is 1. The van der Waals surface area contributed by atoms with E-state index in [0.29, 0.717) is 18.5 Å². The molecule has 6 heteroatoms. The second kappa shape index (κ2) is 7.03. The second-order valence-electron chi connectivity index (χ2n) is 3.79. The van der Waals surface area contributed by atoms with Crippen LogP contribution in [0.5, 0.6) is 0 Å². The van der Waals surface area contributed by atoms with Gasteiger partial charge in [-0.25, -0.2) is 8.78 Å². The first-order valence-electron chi connectivity index (χ1n) is 5.53. The van der Waals surface area contributed by atoms with Gasteiger partial charge in [-0.3, -0.25) is 4.79 Å². The lowest BCUT2D eigenvalue weighted by Crippen LogP contribution is -2.44. The molecule has 0 fully saturated rings. The maximum absolute atomic E-state index is 12.9. The minimum Gasteiger partial charge on any atom is -0.468 e. The Balaban J connectivity index is 2.47. The predicted octanol–water partition coefficient (Wildman–Crippen LogP) is 0.597. The molecule has 1 aromatic rings. The maximum atomic E-state index is 12.9. The zero-order chi connectivity index (χ0) is 13.5. The van der Waals surface area contributed by atoms with E-state index in [1.807, 2.05) is 0 Å². The average Bonchev–Trinajstić information content (AvgIpc) is 2.32. The van der Waals surface area contributed by atoms with E-state index in [1.54, 1.807) is 0 Å². The molecule has 0 heterocycles. The fourth-order valence-electron chi connectivity index (χ4n) is 1.55. The Labute approximate surface area is 104 Å². The molecule has 4 nitrogen and oxygen atoms in total. The molecular formula is C12H16F2N2O2. The van der Waals surface area contributed by atoms with Crippen LogP contribution in [0, 0.1) is 11.6 Å². The van der Waals surface area contributed by atoms with Crippen LogP contribution in [-0.4, -0.2) is 32.2 Å². The van der Waals surface area contributed by atoms with E-state index in [9.17, 15) is 13.6 Å². The Hall–Kier alpha value is -1.53. The molecule has 0 bridgehead atoms. The number of carbonyl (C=O) groups excluding carboxylic acids is 1. The van der Waals surface area contributed by atoms with E-state index in [4.69, 9.17) is 5.73 Å². The van der Waals surface area contributed by atoms with Gasteiger partial charge < -0.3 is 15.8 Å². The van der Waals surface area contributed by atoms with E-state index in [0.717, 1.165) is 6.07 Å². The number of halogens is 2. The molecule has 0 amide bonds. The van der Waals surface area contributed by atoms with Crippen molar-refractivity contribution in [1.82, 2.24) is 5.32 Å². The fraction of sp³-hybridized carbons (Fsp3) is 0.417. The predicted molar refractivity (Wildman–Crippen MR) is 62.9 cm³/mol. The number of methoxy groups -OCH3 is 1. The monoisotopic (exact) mass is 258 g/mol. The minimum atomic E-state index is -0.617. The van der Waals surface area contributed by atoms with Crippen molar-refractivity contribution in [3.63, 3.8) is 0 Å². The van der Waals surface area contributed by atoms with Gasteiger partial charge in [0, 0.05) is 19.2 Å². The van der Waals surface area contributed by atoms with Crippen LogP contribution in [-0.2, 0) is 16.0 Å². The zero-order valence-corrected chi connectivity index (χ0v) is 10.1. The fourth-order valence-corrected chi connectivity index (χ4v) is 1.55. The summed E-state index contributed by atoms with van der Waals surface area (Å²) in [6.07, 6.45) is 0.391. The highest BCUT2D eigenvalue weighted by atomic mass is 19.1. The largest absolute Gasteiger partial charge is 0.468 e. The van der Waals surface area contributed by atoms with Gasteiger partial charge in [0.2, 0.25) is 0 Å². The van der Waals surface area contributed by atoms with Crippen LogP contribution in [0.25, 0.3) is 0 Å². The van der Waals surface area contributed by atoms with E-state index in [1.165, 1.54) is 19.2 Å². The van der Waals surface area contributed by atoms with Crippen molar-refractivity contribution in [2.24, 2.45) is 5.73 Å². The molecule has 1 rings (SSSR count). The minimum absolute atomic E-state index is 0.101. The molecule has 0 aromatic heterocycles. The third kappa shape index (κ3) is 4.38. The zero-order valence-electron chi connectivity index (χ0n) is 10.1. The molecule has 1 atom stereocenters. The number of esters is 1. The van der Waals surface area contributed by atoms with E-state index in [-0.39, 0.29) is 6.54 Å². The van der Waals surface area contributed by atoms with Gasteiger partial charge in [-0.15, -0.1) is 0 Å². The lowest BCUT2D eigenvalue weighted by Gasteiger charge is -2.14. The first-order valence-corrected chi connectivity index (χ1v) is 5.53. The third-order valence-corrected chi connectivity index (χ3v) is 2.45. The summed E-state index contributed by atoms with van der Waals surface area (Å²) in [6.45, 7) is 0.476. The highest BCUT2D eigenvalue weighted by Gasteiger charge is 2.15. The Kier molecular flexibility index (Phi) is 5.67. The Bertz CT molecular complexity index is 393. The molecular weight excluding hydrogens is 242 g/mol. The molecule has 18 heavy (non-hydrogen) atoms. The molecule has 0 aliphatic rings. The van der Waals surface area contributed by atoms with Gasteiger partial charge in [-0.2, -0.15) is 0 Å². The molecule has 1 aromatic carbocycles. The lowest BCUT2D eigenvalue weighted by atomic mass is 10.1. The second-order valence-corrected chi connectivity index (χ2v) is 3.79. The summed E-state index contributed by atoms with van der Waals surface area (Å²) >= 11 is 0. The van der Waals surface area contributed by atoms with Gasteiger partial charge in [0.15, 0.2) is 0 Å². The van der Waals surface area contributed by atoms with Gasteiger partial charge in [0.05, 0.1) is 7.11 Å². The van der Waals surface area contributed by atoms with Gasteiger partial charge in [0.1, 0.15) is 17.7 Å². The first-order chi connectivity index (χ1) is 8.56. The van der Waals surface area contributed by atoms with Gasteiger partial charge >= 0.3 is 5.97 Å². The van der Waals surface area contributed by atoms with E-state index >= 15 is 0 Å². The van der Waals surface area contributed by atoms with Crippen molar-refractivity contribution in [3.8, 4) is 0 Å². The third-order valence-electron chi connectivity index (χ3n) is 2.45. The number of nitrogens with two attached hydrogens (primary N) is 1. The van der Waals surface area contributed by atoms with Gasteiger partial charge in [-0.05, 0) is 24.1 Å². The normalized spacial score (nSPS) is 12.2. The quantitative estimate of drug-likeness (QED) is 0.733. The standard InChI is InChI=1S/C12H16F2N2O2/c1-18-12(17)11(7-15)16-3-2-8-4-9(13)6-10(14)5-8/h4-6,11,16H,2-3,7,15H2,1H3. The molecule has 0 saturated heterocycles. The van der Waals surface area contributed by atoms with Crippen LogP contribution in [0.2, 0.25) is 0 Å². The Morgan fingerprint density at radius 2 is 2.00 bits per heavy atom. The van der Waals surface area contributed by atoms with Crippen LogP contribution in [0.15, 0.2) is 18.2 Å². The number of nitrogens with one attached hydrogen (secondary N) is 1. The summed E-state index contributed by atoms with van der Waals surface area (Å²) in [4.78, 5) is 11.2. The number of carbonyl (C=O) groups is 1. The molecule has 0 radical (unpaired) electrons. The summed E-state index contributed by atoms with van der Waals surface area (Å²) in [5, 5.41) is 2.86. The molecule has 0 saturated carbocycles. The number of hydrogen-bond acceptors (Lipinski definition) is 4. The molecule has 0 aliphatic heterocycles. The molecule has 0 aliphatic carbocycles. The van der Waals surface area contributed by atoms with Crippen LogP contribution < -0.4 is 11.1 Å². The van der Waals surface area contributed by atoms with Crippen LogP contribution >= 0.6 is 0 Å². The van der Waals surface area contributed by atoms with Crippen molar-refractivity contribution in [1.29, 1.82) is 0 Å². The Morgan fingerprint density at radius 1 is 1.39 bits per heavy atom. The number of ether oxygens (including phenoxy) is 1. The Morgan fingerprint density at radius 3 is 2.50 bits per heavy atom. The summed E-state index contributed by atoms with van der Waals surface area (Å²) in [5.74, 6) is -1.69.